The number of methoxy groups -OCH3 is 1. The lowest BCUT2D eigenvalue weighted by atomic mass is 9.89. The molecule has 5 heteroatoms. The lowest BCUT2D eigenvalue weighted by molar-refractivity contribution is 0.312. The van der Waals surface area contributed by atoms with Crippen molar-refractivity contribution < 1.29 is 4.74 Å². The van der Waals surface area contributed by atoms with Crippen molar-refractivity contribution in [3.05, 3.63) is 17.3 Å². The first-order valence-electron chi connectivity index (χ1n) is 6.91. The molecule has 0 atom stereocenters. The van der Waals surface area contributed by atoms with Crippen molar-refractivity contribution in [3.8, 4) is 5.88 Å². The van der Waals surface area contributed by atoms with E-state index in [1.54, 1.807) is 18.4 Å². The molecule has 0 aliphatic heterocycles. The van der Waals surface area contributed by atoms with Gasteiger partial charge in [0.1, 0.15) is 5.69 Å². The zero-order chi connectivity index (χ0) is 13.3. The minimum atomic E-state index is 0.478. The van der Waals surface area contributed by atoms with E-state index in [0.717, 1.165) is 29.6 Å². The zero-order valence-corrected chi connectivity index (χ0v) is 12.4. The lowest BCUT2D eigenvalue weighted by Gasteiger charge is -2.23. The number of imidazole rings is 1. The number of rotatable bonds is 5. The summed E-state index contributed by atoms with van der Waals surface area (Å²) in [5.74, 6) is 0.746. The molecule has 4 nitrogen and oxygen atoms in total. The third kappa shape index (κ3) is 2.49. The number of hydrogen-bond acceptors (Lipinski definition) is 4. The van der Waals surface area contributed by atoms with E-state index in [9.17, 15) is 0 Å². The molecule has 2 aromatic rings. The van der Waals surface area contributed by atoms with Crippen molar-refractivity contribution in [2.45, 2.75) is 39.2 Å². The predicted octanol–water partition coefficient (Wildman–Crippen LogP) is 3.07. The molecule has 0 saturated heterocycles. The number of nitrogens with zero attached hydrogens (tertiary/aromatic N) is 2. The van der Waals surface area contributed by atoms with Crippen LogP contribution in [-0.2, 0) is 6.54 Å². The molecule has 3 rings (SSSR count). The van der Waals surface area contributed by atoms with Crippen LogP contribution in [0.1, 0.15) is 38.3 Å². The Kier molecular flexibility index (Phi) is 3.50. The Balaban J connectivity index is 1.69. The molecule has 1 fully saturated rings. The molecule has 1 N–H and O–H groups in total. The molecule has 0 radical (unpaired) electrons. The highest BCUT2D eigenvalue weighted by atomic mass is 32.1. The summed E-state index contributed by atoms with van der Waals surface area (Å²) in [6, 6.07) is 0. The molecule has 0 unspecified atom stereocenters. The SMILES string of the molecule is COc1nc2sccn2c1CNCC1(C)CCCC1. The standard InChI is InChI=1S/C14H21N3OS/c1-14(5-3-4-6-14)10-15-9-11-12(18-2)16-13-17(11)7-8-19-13/h7-8,15H,3-6,9-10H2,1-2H3. The van der Waals surface area contributed by atoms with E-state index < -0.39 is 0 Å². The Bertz CT molecular complexity index is 554. The molecule has 0 aromatic carbocycles. The summed E-state index contributed by atoms with van der Waals surface area (Å²) in [5.41, 5.74) is 1.60. The van der Waals surface area contributed by atoms with Crippen LogP contribution < -0.4 is 10.1 Å². The normalized spacial score (nSPS) is 18.2. The fourth-order valence-corrected chi connectivity index (χ4v) is 3.75. The second kappa shape index (κ2) is 5.13. The molecule has 0 amide bonds. The summed E-state index contributed by atoms with van der Waals surface area (Å²) < 4.78 is 7.49. The summed E-state index contributed by atoms with van der Waals surface area (Å²) in [5, 5.41) is 5.65. The molecular weight excluding hydrogens is 258 g/mol. The van der Waals surface area contributed by atoms with E-state index in [1.807, 2.05) is 0 Å². The fraction of sp³-hybridized carbons (Fsp3) is 0.643. The van der Waals surface area contributed by atoms with Crippen LogP contribution in [0.3, 0.4) is 0 Å². The smallest absolute Gasteiger partial charge is 0.237 e. The van der Waals surface area contributed by atoms with Gasteiger partial charge in [-0.3, -0.25) is 4.40 Å². The molecule has 19 heavy (non-hydrogen) atoms. The molecule has 1 saturated carbocycles. The first kappa shape index (κ1) is 12.9. The average molecular weight is 279 g/mol. The van der Waals surface area contributed by atoms with E-state index >= 15 is 0 Å². The maximum Gasteiger partial charge on any atom is 0.237 e. The first-order valence-corrected chi connectivity index (χ1v) is 7.79. The summed E-state index contributed by atoms with van der Waals surface area (Å²) in [4.78, 5) is 5.48. The highest BCUT2D eigenvalue weighted by Crippen LogP contribution is 2.36. The van der Waals surface area contributed by atoms with E-state index in [2.05, 4.69) is 33.2 Å². The fourth-order valence-electron chi connectivity index (χ4n) is 3.03. The van der Waals surface area contributed by atoms with E-state index in [4.69, 9.17) is 4.74 Å². The monoisotopic (exact) mass is 279 g/mol. The predicted molar refractivity (Wildman–Crippen MR) is 77.9 cm³/mol. The van der Waals surface area contributed by atoms with Crippen molar-refractivity contribution in [2.24, 2.45) is 5.41 Å². The number of nitrogens with one attached hydrogen (secondary N) is 1. The quantitative estimate of drug-likeness (QED) is 0.914. The van der Waals surface area contributed by atoms with Crippen molar-refractivity contribution in [2.75, 3.05) is 13.7 Å². The van der Waals surface area contributed by atoms with Crippen LogP contribution in [0, 0.1) is 5.41 Å². The number of aromatic nitrogens is 2. The van der Waals surface area contributed by atoms with Gasteiger partial charge in [-0.05, 0) is 18.3 Å². The van der Waals surface area contributed by atoms with Gasteiger partial charge in [0.2, 0.25) is 5.88 Å². The highest BCUT2D eigenvalue weighted by Gasteiger charge is 2.28. The highest BCUT2D eigenvalue weighted by molar-refractivity contribution is 7.15. The summed E-state index contributed by atoms with van der Waals surface area (Å²) in [6.07, 6.45) is 7.50. The van der Waals surface area contributed by atoms with Gasteiger partial charge in [-0.1, -0.05) is 19.8 Å². The largest absolute Gasteiger partial charge is 0.480 e. The summed E-state index contributed by atoms with van der Waals surface area (Å²) in [6.45, 7) is 4.28. The number of fused-ring (bicyclic) bond motifs is 1. The molecule has 0 bridgehead atoms. The van der Waals surface area contributed by atoms with E-state index in [-0.39, 0.29) is 0 Å². The third-order valence-electron chi connectivity index (χ3n) is 4.17. The molecule has 2 heterocycles. The van der Waals surface area contributed by atoms with Gasteiger partial charge in [-0.25, -0.2) is 0 Å². The summed E-state index contributed by atoms with van der Waals surface area (Å²) in [7, 11) is 1.69. The average Bonchev–Trinajstić information content (AvgIpc) is 3.06. The van der Waals surface area contributed by atoms with Crippen molar-refractivity contribution in [1.82, 2.24) is 14.7 Å². The minimum absolute atomic E-state index is 0.478. The van der Waals surface area contributed by atoms with Crippen LogP contribution in [0.4, 0.5) is 0 Å². The van der Waals surface area contributed by atoms with Gasteiger partial charge in [-0.2, -0.15) is 4.98 Å². The Hall–Kier alpha value is -1.07. The number of hydrogen-bond donors (Lipinski definition) is 1. The van der Waals surface area contributed by atoms with Crippen LogP contribution in [0.25, 0.3) is 4.96 Å². The van der Waals surface area contributed by atoms with E-state index in [0.29, 0.717) is 5.41 Å². The van der Waals surface area contributed by atoms with Gasteiger partial charge in [0.25, 0.3) is 0 Å². The Morgan fingerprint density at radius 3 is 3.00 bits per heavy atom. The van der Waals surface area contributed by atoms with Crippen LogP contribution in [0.5, 0.6) is 5.88 Å². The van der Waals surface area contributed by atoms with Crippen LogP contribution in [-0.4, -0.2) is 23.0 Å². The van der Waals surface area contributed by atoms with Gasteiger partial charge >= 0.3 is 0 Å². The van der Waals surface area contributed by atoms with Gasteiger partial charge in [0, 0.05) is 24.7 Å². The van der Waals surface area contributed by atoms with Crippen LogP contribution in [0.15, 0.2) is 11.6 Å². The van der Waals surface area contributed by atoms with Crippen LogP contribution in [0.2, 0.25) is 0 Å². The maximum atomic E-state index is 5.37. The van der Waals surface area contributed by atoms with Crippen molar-refractivity contribution in [1.29, 1.82) is 0 Å². The molecular formula is C14H21N3OS. The minimum Gasteiger partial charge on any atom is -0.480 e. The number of thiazole rings is 1. The molecule has 2 aromatic heterocycles. The second-order valence-corrected chi connectivity index (χ2v) is 6.62. The Labute approximate surface area is 117 Å². The lowest BCUT2D eigenvalue weighted by Crippen LogP contribution is -2.29. The van der Waals surface area contributed by atoms with E-state index in [1.165, 1.54) is 25.7 Å². The van der Waals surface area contributed by atoms with Gasteiger partial charge in [0.15, 0.2) is 4.96 Å². The first-order chi connectivity index (χ1) is 9.22. The molecule has 0 spiro atoms. The van der Waals surface area contributed by atoms with Crippen molar-refractivity contribution >= 4 is 16.3 Å². The Morgan fingerprint density at radius 2 is 2.26 bits per heavy atom. The second-order valence-electron chi connectivity index (χ2n) is 5.74. The van der Waals surface area contributed by atoms with Gasteiger partial charge in [0.05, 0.1) is 7.11 Å². The van der Waals surface area contributed by atoms with Gasteiger partial charge in [-0.15, -0.1) is 11.3 Å². The molecule has 1 aliphatic carbocycles. The topological polar surface area (TPSA) is 38.6 Å². The Morgan fingerprint density at radius 1 is 1.47 bits per heavy atom. The molecule has 1 aliphatic rings. The number of ether oxygens (including phenoxy) is 1. The zero-order valence-electron chi connectivity index (χ0n) is 11.6. The van der Waals surface area contributed by atoms with Crippen molar-refractivity contribution in [3.63, 3.8) is 0 Å². The molecule has 104 valence electrons. The van der Waals surface area contributed by atoms with Gasteiger partial charge < -0.3 is 10.1 Å². The third-order valence-corrected chi connectivity index (χ3v) is 4.93. The summed E-state index contributed by atoms with van der Waals surface area (Å²) >= 11 is 1.64. The van der Waals surface area contributed by atoms with Crippen LogP contribution >= 0.6 is 11.3 Å². The maximum absolute atomic E-state index is 5.37.